The van der Waals surface area contributed by atoms with Crippen LogP contribution in [-0.4, -0.2) is 52.8 Å². The Morgan fingerprint density at radius 2 is 2.06 bits per heavy atom. The van der Waals surface area contributed by atoms with Crippen LogP contribution in [0, 0.1) is 4.77 Å². The number of hydrogen-bond acceptors (Lipinski definition) is 4. The summed E-state index contributed by atoms with van der Waals surface area (Å²) in [5.74, 6) is 0. The molecule has 0 atom stereocenters. The lowest BCUT2D eigenvalue weighted by molar-refractivity contribution is 0.288. The van der Waals surface area contributed by atoms with Crippen molar-refractivity contribution in [1.82, 2.24) is 19.5 Å². The van der Waals surface area contributed by atoms with E-state index in [0.29, 0.717) is 4.77 Å². The highest BCUT2D eigenvalue weighted by Gasteiger charge is 2.17. The Morgan fingerprint density at radius 3 is 2.78 bits per heavy atom. The molecule has 0 amide bonds. The zero-order valence-electron chi connectivity index (χ0n) is 10.1. The van der Waals surface area contributed by atoms with Gasteiger partial charge in [0.2, 0.25) is 0 Å². The lowest BCUT2D eigenvalue weighted by Crippen LogP contribution is -2.49. The molecule has 1 fully saturated rings. The van der Waals surface area contributed by atoms with Gasteiger partial charge >= 0.3 is 0 Å². The fourth-order valence-electron chi connectivity index (χ4n) is 2.22. The number of nitrogens with one attached hydrogen (secondary N) is 1. The molecule has 0 spiro atoms. The Kier molecular flexibility index (Phi) is 3.13. The molecular formula is C11H14BrN5S. The number of halogens is 1. The zero-order valence-corrected chi connectivity index (χ0v) is 12.5. The molecule has 2 aromatic rings. The van der Waals surface area contributed by atoms with E-state index < -0.39 is 0 Å². The van der Waals surface area contributed by atoms with Crippen molar-refractivity contribution in [3.8, 4) is 0 Å². The number of imidazole rings is 1. The van der Waals surface area contributed by atoms with E-state index in [1.807, 2.05) is 10.7 Å². The van der Waals surface area contributed by atoms with Gasteiger partial charge in [-0.2, -0.15) is 0 Å². The van der Waals surface area contributed by atoms with Crippen molar-refractivity contribution in [3.05, 3.63) is 21.5 Å². The van der Waals surface area contributed by atoms with Gasteiger partial charge in [0.05, 0.1) is 5.52 Å². The van der Waals surface area contributed by atoms with Crippen molar-refractivity contribution in [2.24, 2.45) is 0 Å². The topological polar surface area (TPSA) is 40.1 Å². The number of nitrogens with zero attached hydrogens (tertiary/aromatic N) is 4. The fraction of sp³-hybridized carbons (Fsp3) is 0.455. The average Bonchev–Trinajstić information content (AvgIpc) is 2.65. The van der Waals surface area contributed by atoms with Crippen molar-refractivity contribution in [2.45, 2.75) is 0 Å². The monoisotopic (exact) mass is 327 g/mol. The number of H-pyrrole nitrogens is 1. The summed E-state index contributed by atoms with van der Waals surface area (Å²) in [7, 11) is 2.14. The van der Waals surface area contributed by atoms with Crippen LogP contribution in [0.3, 0.4) is 0 Å². The van der Waals surface area contributed by atoms with E-state index >= 15 is 0 Å². The van der Waals surface area contributed by atoms with Gasteiger partial charge in [-0.25, -0.2) is 9.66 Å². The summed E-state index contributed by atoms with van der Waals surface area (Å²) in [4.78, 5) is 9.98. The van der Waals surface area contributed by atoms with E-state index in [1.54, 1.807) is 6.20 Å². The minimum Gasteiger partial charge on any atom is -0.328 e. The normalized spacial score (nSPS) is 17.6. The van der Waals surface area contributed by atoms with Crippen molar-refractivity contribution >= 4 is 39.3 Å². The van der Waals surface area contributed by atoms with Crippen LogP contribution in [0.15, 0.2) is 16.7 Å². The Balaban J connectivity index is 2.06. The third-order valence-electron chi connectivity index (χ3n) is 3.23. The first-order chi connectivity index (χ1) is 8.65. The summed E-state index contributed by atoms with van der Waals surface area (Å²) >= 11 is 8.83. The molecule has 1 aliphatic rings. The van der Waals surface area contributed by atoms with Crippen molar-refractivity contribution in [2.75, 3.05) is 38.2 Å². The van der Waals surface area contributed by atoms with Gasteiger partial charge in [-0.15, -0.1) is 0 Å². The first-order valence-corrected chi connectivity index (χ1v) is 7.05. The lowest BCUT2D eigenvalue weighted by Gasteiger charge is -2.34. The number of fused-ring (bicyclic) bond motifs is 1. The average molecular weight is 328 g/mol. The number of hydrogen-bond donors (Lipinski definition) is 1. The molecule has 2 aromatic heterocycles. The van der Waals surface area contributed by atoms with Gasteiger partial charge in [0.25, 0.3) is 0 Å². The van der Waals surface area contributed by atoms with Crippen LogP contribution in [0.1, 0.15) is 0 Å². The second kappa shape index (κ2) is 4.64. The first-order valence-electron chi connectivity index (χ1n) is 5.85. The van der Waals surface area contributed by atoms with Crippen LogP contribution < -0.4 is 5.01 Å². The predicted molar refractivity (Wildman–Crippen MR) is 78.1 cm³/mol. The first kappa shape index (κ1) is 12.1. The Hall–Kier alpha value is -0.920. The molecule has 3 rings (SSSR count). The largest absolute Gasteiger partial charge is 0.328 e. The smallest absolute Gasteiger partial charge is 0.198 e. The molecule has 18 heavy (non-hydrogen) atoms. The van der Waals surface area contributed by atoms with Crippen LogP contribution in [0.5, 0.6) is 0 Å². The number of likely N-dealkylation sites (N-methyl/N-ethyl adjacent to an activating group) is 1. The van der Waals surface area contributed by atoms with Gasteiger partial charge in [0.15, 0.2) is 10.4 Å². The number of piperazine rings is 1. The van der Waals surface area contributed by atoms with E-state index in [9.17, 15) is 0 Å². The van der Waals surface area contributed by atoms with Crippen LogP contribution in [0.2, 0.25) is 0 Å². The second-order valence-electron chi connectivity index (χ2n) is 4.52. The third kappa shape index (κ3) is 2.06. The van der Waals surface area contributed by atoms with E-state index in [-0.39, 0.29) is 0 Å². The summed E-state index contributed by atoms with van der Waals surface area (Å²) in [6, 6.07) is 2.00. The van der Waals surface area contributed by atoms with Gasteiger partial charge in [0.1, 0.15) is 0 Å². The maximum absolute atomic E-state index is 5.40. The summed E-state index contributed by atoms with van der Waals surface area (Å²) < 4.78 is 3.68. The van der Waals surface area contributed by atoms with Crippen LogP contribution in [0.25, 0.3) is 11.2 Å². The zero-order chi connectivity index (χ0) is 12.7. The fourth-order valence-corrected chi connectivity index (χ4v) is 2.86. The van der Waals surface area contributed by atoms with Gasteiger partial charge in [-0.05, 0) is 41.3 Å². The van der Waals surface area contributed by atoms with Gasteiger partial charge in [0, 0.05) is 36.8 Å². The molecule has 1 N–H and O–H groups in total. The minimum absolute atomic E-state index is 0.708. The second-order valence-corrected chi connectivity index (χ2v) is 5.83. The molecule has 0 bridgehead atoms. The number of aromatic nitrogens is 3. The molecule has 0 unspecified atom stereocenters. The SMILES string of the molecule is CN1CCN(n2c(=S)[nH]c3cc(Br)cnc32)CC1. The van der Waals surface area contributed by atoms with E-state index in [4.69, 9.17) is 12.2 Å². The maximum atomic E-state index is 5.40. The molecule has 7 heteroatoms. The molecule has 0 saturated carbocycles. The van der Waals surface area contributed by atoms with Crippen LogP contribution in [0.4, 0.5) is 0 Å². The molecule has 1 aliphatic heterocycles. The van der Waals surface area contributed by atoms with Gasteiger partial charge in [-0.3, -0.25) is 0 Å². The molecule has 1 saturated heterocycles. The quantitative estimate of drug-likeness (QED) is 0.810. The number of pyridine rings is 1. The van der Waals surface area contributed by atoms with E-state index in [1.165, 1.54) is 0 Å². The molecule has 0 radical (unpaired) electrons. The van der Waals surface area contributed by atoms with Crippen molar-refractivity contribution in [3.63, 3.8) is 0 Å². The molecule has 0 aliphatic carbocycles. The highest BCUT2D eigenvalue weighted by atomic mass is 79.9. The molecule has 0 aromatic carbocycles. The lowest BCUT2D eigenvalue weighted by atomic mass is 10.4. The standard InChI is InChI=1S/C11H14BrN5S/c1-15-2-4-16(5-3-15)17-10-9(14-11(17)18)6-8(12)7-13-10/h6-7H,2-5H2,1H3,(H,14,18). The Morgan fingerprint density at radius 1 is 1.33 bits per heavy atom. The number of rotatable bonds is 1. The molecular weight excluding hydrogens is 314 g/mol. The van der Waals surface area contributed by atoms with E-state index in [0.717, 1.165) is 41.8 Å². The third-order valence-corrected chi connectivity index (χ3v) is 3.94. The predicted octanol–water partition coefficient (Wildman–Crippen LogP) is 1.74. The maximum Gasteiger partial charge on any atom is 0.198 e. The van der Waals surface area contributed by atoms with Crippen LogP contribution >= 0.6 is 28.1 Å². The summed E-state index contributed by atoms with van der Waals surface area (Å²) in [5.41, 5.74) is 1.86. The van der Waals surface area contributed by atoms with Gasteiger partial charge in [-0.1, -0.05) is 0 Å². The Labute approximate surface area is 119 Å². The molecule has 3 heterocycles. The Bertz CT molecular complexity index is 626. The van der Waals surface area contributed by atoms with Gasteiger partial charge < -0.3 is 14.9 Å². The van der Waals surface area contributed by atoms with Crippen LogP contribution in [-0.2, 0) is 0 Å². The summed E-state index contributed by atoms with van der Waals surface area (Å²) in [6.45, 7) is 4.03. The minimum atomic E-state index is 0.708. The molecule has 5 nitrogen and oxygen atoms in total. The highest BCUT2D eigenvalue weighted by molar-refractivity contribution is 9.10. The molecule has 96 valence electrons. The van der Waals surface area contributed by atoms with E-state index in [2.05, 4.69) is 42.9 Å². The van der Waals surface area contributed by atoms with Crippen molar-refractivity contribution in [1.29, 1.82) is 0 Å². The summed E-state index contributed by atoms with van der Waals surface area (Å²) in [5, 5.41) is 2.25. The van der Waals surface area contributed by atoms with Crippen molar-refractivity contribution < 1.29 is 0 Å². The summed E-state index contributed by atoms with van der Waals surface area (Å²) in [6.07, 6.45) is 1.80. The highest BCUT2D eigenvalue weighted by Crippen LogP contribution is 2.17. The number of aromatic amines is 1.